The van der Waals surface area contributed by atoms with E-state index in [1.165, 1.54) is 6.16 Å². The third-order valence-electron chi connectivity index (χ3n) is 6.02. The van der Waals surface area contributed by atoms with Crippen molar-refractivity contribution in [1.82, 2.24) is 0 Å². The third kappa shape index (κ3) is 2.18. The molecule has 3 heteroatoms. The van der Waals surface area contributed by atoms with Crippen molar-refractivity contribution < 1.29 is 0 Å². The maximum Gasteiger partial charge on any atom is 0.121 e. The molecule has 2 atom stereocenters. The summed E-state index contributed by atoms with van der Waals surface area (Å²) in [5, 5.41) is 0.518. The molecular formula is C17H34PSi2+. The molecule has 1 aliphatic heterocycles. The van der Waals surface area contributed by atoms with Gasteiger partial charge in [-0.1, -0.05) is 39.3 Å². The molecule has 2 unspecified atom stereocenters. The second-order valence-corrected chi connectivity index (χ2v) is 24.7. The molecular weight excluding hydrogens is 291 g/mol. The summed E-state index contributed by atoms with van der Waals surface area (Å²) in [5.41, 5.74) is 6.81. The molecule has 20 heavy (non-hydrogen) atoms. The minimum atomic E-state index is -1.07. The third-order valence-corrected chi connectivity index (χ3v) is 25.4. The van der Waals surface area contributed by atoms with E-state index in [9.17, 15) is 0 Å². The van der Waals surface area contributed by atoms with Crippen molar-refractivity contribution in [2.45, 2.75) is 77.0 Å². The van der Waals surface area contributed by atoms with Gasteiger partial charge in [-0.3, -0.25) is 0 Å². The lowest BCUT2D eigenvalue weighted by Gasteiger charge is -2.52. The maximum absolute atomic E-state index is 2.63. The standard InChI is InChI=1S/C17H33PSi2/c1-12-13(2)15-11-18(17(15,4)14(12)3)16(19(5,6)7)20(8,9)10/h16H,11H2,1-10H3/p+1. The first kappa shape index (κ1) is 16.7. The molecule has 0 aromatic carbocycles. The first-order valence-corrected chi connectivity index (χ1v) is 17.0. The van der Waals surface area contributed by atoms with Crippen molar-refractivity contribution in [2.75, 3.05) is 6.16 Å². The largest absolute Gasteiger partial charge is 0.121 e. The van der Waals surface area contributed by atoms with Gasteiger partial charge in [-0.15, -0.1) is 0 Å². The fourth-order valence-electron chi connectivity index (χ4n) is 5.22. The molecule has 0 saturated carbocycles. The number of allylic oxidation sites excluding steroid dienone is 4. The summed E-state index contributed by atoms with van der Waals surface area (Å²) in [7, 11) is -2.43. The van der Waals surface area contributed by atoms with Crippen LogP contribution in [0.3, 0.4) is 0 Å². The predicted molar refractivity (Wildman–Crippen MR) is 103 cm³/mol. The Morgan fingerprint density at radius 3 is 1.70 bits per heavy atom. The highest BCUT2D eigenvalue weighted by atomic mass is 31.1. The number of hydrogen-bond donors (Lipinski definition) is 0. The monoisotopic (exact) mass is 325 g/mol. The van der Waals surface area contributed by atoms with Crippen LogP contribution in [0.15, 0.2) is 22.3 Å². The van der Waals surface area contributed by atoms with Crippen LogP contribution in [-0.4, -0.2) is 32.4 Å². The molecule has 0 nitrogen and oxygen atoms in total. The summed E-state index contributed by atoms with van der Waals surface area (Å²) in [5.74, 6) is 0. The zero-order valence-electron chi connectivity index (χ0n) is 15.3. The van der Waals surface area contributed by atoms with Crippen molar-refractivity contribution in [3.8, 4) is 0 Å². The Morgan fingerprint density at radius 1 is 0.900 bits per heavy atom. The highest BCUT2D eigenvalue weighted by Gasteiger charge is 2.66. The Morgan fingerprint density at radius 2 is 1.35 bits per heavy atom. The average Bonchev–Trinajstić information content (AvgIpc) is 2.36. The highest BCUT2D eigenvalue weighted by molar-refractivity contribution is 7.69. The number of hydrogen-bond acceptors (Lipinski definition) is 0. The van der Waals surface area contributed by atoms with Crippen LogP contribution in [0.25, 0.3) is 0 Å². The van der Waals surface area contributed by atoms with E-state index in [1.54, 1.807) is 16.7 Å². The zero-order valence-corrected chi connectivity index (χ0v) is 18.3. The second-order valence-electron chi connectivity index (χ2n) is 9.35. The van der Waals surface area contributed by atoms with Crippen LogP contribution in [0.5, 0.6) is 0 Å². The zero-order chi connectivity index (χ0) is 15.7. The van der Waals surface area contributed by atoms with Crippen LogP contribution in [-0.2, 0) is 0 Å². The van der Waals surface area contributed by atoms with Crippen LogP contribution in [0.4, 0.5) is 0 Å². The first-order chi connectivity index (χ1) is 8.83. The highest BCUT2D eigenvalue weighted by Crippen LogP contribution is 2.75. The van der Waals surface area contributed by atoms with Crippen molar-refractivity contribution in [1.29, 1.82) is 0 Å². The molecule has 1 aliphatic carbocycles. The van der Waals surface area contributed by atoms with Gasteiger partial charge in [-0.05, 0) is 44.4 Å². The SMILES string of the molecule is CC1=C(C)C2(C)C(=C1C)C[PH+]2C([Si](C)(C)C)[Si](C)(C)C. The summed E-state index contributed by atoms with van der Waals surface area (Å²) in [6.07, 6.45) is 1.49. The molecule has 0 radical (unpaired) electrons. The van der Waals surface area contributed by atoms with E-state index in [1.807, 2.05) is 5.57 Å². The Balaban J connectivity index is 2.47. The lowest BCUT2D eigenvalue weighted by atomic mass is 9.96. The topological polar surface area (TPSA) is 0 Å². The Labute approximate surface area is 129 Å². The predicted octanol–water partition coefficient (Wildman–Crippen LogP) is 5.76. The maximum atomic E-state index is 2.63. The van der Waals surface area contributed by atoms with Gasteiger partial charge in [0.05, 0.1) is 22.3 Å². The molecule has 0 aromatic heterocycles. The van der Waals surface area contributed by atoms with Crippen molar-refractivity contribution in [2.24, 2.45) is 0 Å². The van der Waals surface area contributed by atoms with E-state index in [4.69, 9.17) is 0 Å². The van der Waals surface area contributed by atoms with Crippen LogP contribution in [0.2, 0.25) is 39.3 Å². The molecule has 2 rings (SSSR count). The molecule has 1 saturated heterocycles. The van der Waals surface area contributed by atoms with E-state index in [2.05, 4.69) is 67.0 Å². The fraction of sp³-hybridized carbons (Fsp3) is 0.765. The van der Waals surface area contributed by atoms with Gasteiger partial charge < -0.3 is 0 Å². The summed E-state index contributed by atoms with van der Waals surface area (Å²) < 4.78 is 0. The lowest BCUT2D eigenvalue weighted by molar-refractivity contribution is 0.807. The number of rotatable bonds is 3. The van der Waals surface area contributed by atoms with Gasteiger partial charge in [0.2, 0.25) is 0 Å². The van der Waals surface area contributed by atoms with Crippen LogP contribution < -0.4 is 0 Å². The van der Waals surface area contributed by atoms with E-state index in [0.717, 1.165) is 4.91 Å². The van der Waals surface area contributed by atoms with Gasteiger partial charge >= 0.3 is 0 Å². The second kappa shape index (κ2) is 4.67. The van der Waals surface area contributed by atoms with Crippen LogP contribution >= 0.6 is 7.92 Å². The molecule has 0 bridgehead atoms. The summed E-state index contributed by atoms with van der Waals surface area (Å²) in [6.45, 7) is 25.6. The molecule has 0 N–H and O–H groups in total. The van der Waals surface area contributed by atoms with Crippen LogP contribution in [0, 0.1) is 0 Å². The summed E-state index contributed by atoms with van der Waals surface area (Å²) in [4.78, 5) is 1.13. The Kier molecular flexibility index (Phi) is 3.90. The van der Waals surface area contributed by atoms with E-state index in [0.29, 0.717) is 5.16 Å². The van der Waals surface area contributed by atoms with E-state index in [-0.39, 0.29) is 7.92 Å². The fourth-order valence-corrected chi connectivity index (χ4v) is 29.5. The van der Waals surface area contributed by atoms with Gasteiger partial charge in [0.1, 0.15) is 5.16 Å². The van der Waals surface area contributed by atoms with Gasteiger partial charge in [0.15, 0.2) is 0 Å². The van der Waals surface area contributed by atoms with Crippen LogP contribution in [0.1, 0.15) is 27.7 Å². The number of fused-ring (bicyclic) bond motifs is 1. The van der Waals surface area contributed by atoms with Gasteiger partial charge in [0.25, 0.3) is 0 Å². The summed E-state index contributed by atoms with van der Waals surface area (Å²) in [6, 6.07) is 0. The smallest absolute Gasteiger partial charge is 0.0664 e. The molecule has 2 aliphatic rings. The van der Waals surface area contributed by atoms with Crippen molar-refractivity contribution >= 4 is 24.1 Å². The lowest BCUT2D eigenvalue weighted by Crippen LogP contribution is -2.58. The molecule has 1 heterocycles. The van der Waals surface area contributed by atoms with Crippen molar-refractivity contribution in [3.05, 3.63) is 22.3 Å². The quantitative estimate of drug-likeness (QED) is 0.457. The van der Waals surface area contributed by atoms with Crippen molar-refractivity contribution in [3.63, 3.8) is 0 Å². The molecule has 0 amide bonds. The van der Waals surface area contributed by atoms with Gasteiger partial charge in [0, 0.05) is 18.4 Å². The van der Waals surface area contributed by atoms with E-state index >= 15 is 0 Å². The molecule has 1 fully saturated rings. The molecule has 114 valence electrons. The molecule has 0 spiro atoms. The van der Waals surface area contributed by atoms with Gasteiger partial charge in [-0.2, -0.15) is 0 Å². The Hall–Kier alpha value is 0.344. The van der Waals surface area contributed by atoms with E-state index < -0.39 is 16.1 Å². The minimum absolute atomic E-state index is 0.281. The summed E-state index contributed by atoms with van der Waals surface area (Å²) >= 11 is 0. The van der Waals surface area contributed by atoms with Gasteiger partial charge in [-0.25, -0.2) is 0 Å². The Bertz CT molecular complexity index is 468. The first-order valence-electron chi connectivity index (χ1n) is 8.07. The minimum Gasteiger partial charge on any atom is -0.0664 e. The average molecular weight is 326 g/mol. The molecule has 0 aromatic rings. The normalized spacial score (nSPS) is 31.1.